The monoisotopic (exact) mass is 381 g/mol. The molecule has 0 radical (unpaired) electrons. The molecule has 2 N–H and O–H groups in total. The van der Waals surface area contributed by atoms with Crippen LogP contribution >= 0.6 is 0 Å². The Morgan fingerprint density at radius 1 is 1.38 bits per heavy atom. The Kier molecular flexibility index (Phi) is 5.43. The summed E-state index contributed by atoms with van der Waals surface area (Å²) in [5.74, 6) is 1.44. The molecule has 2 saturated heterocycles. The zero-order chi connectivity index (χ0) is 18.8. The van der Waals surface area contributed by atoms with Gasteiger partial charge in [-0.1, -0.05) is 18.2 Å². The number of methoxy groups -OCH3 is 1. The van der Waals surface area contributed by atoms with Gasteiger partial charge in [0.15, 0.2) is 0 Å². The maximum atomic E-state index is 12.8. The largest absolute Gasteiger partial charge is 0.496 e. The van der Waals surface area contributed by atoms with E-state index in [0.717, 1.165) is 11.3 Å². The highest BCUT2D eigenvalue weighted by molar-refractivity contribution is 7.92. The average molecular weight is 381 g/mol. The van der Waals surface area contributed by atoms with Gasteiger partial charge in [-0.2, -0.15) is 0 Å². The molecule has 0 saturated carbocycles. The lowest BCUT2D eigenvalue weighted by Gasteiger charge is -2.45. The topological polar surface area (TPSA) is 91.7 Å². The molecule has 1 spiro atoms. The van der Waals surface area contributed by atoms with Crippen LogP contribution in [0.2, 0.25) is 0 Å². The lowest BCUT2D eigenvalue weighted by atomic mass is 9.94. The second-order valence-electron chi connectivity index (χ2n) is 7.09. The van der Waals surface area contributed by atoms with E-state index in [1.165, 1.54) is 0 Å². The zero-order valence-corrected chi connectivity index (χ0v) is 16.1. The first-order chi connectivity index (χ1) is 12.3. The highest BCUT2D eigenvalue weighted by atomic mass is 32.2. The third-order valence-corrected chi connectivity index (χ3v) is 6.98. The molecule has 1 aromatic carbocycles. The van der Waals surface area contributed by atoms with Crippen molar-refractivity contribution in [1.29, 1.82) is 4.78 Å². The maximum absolute atomic E-state index is 12.8. The van der Waals surface area contributed by atoms with Crippen molar-refractivity contribution in [1.82, 2.24) is 10.2 Å². The van der Waals surface area contributed by atoms with E-state index in [9.17, 15) is 9.00 Å². The molecule has 2 aliphatic heterocycles. The second kappa shape index (κ2) is 7.44. The highest BCUT2D eigenvalue weighted by Crippen LogP contribution is 2.32. The standard InChI is InChI=1S/C18H27N3O4S/c1-14(15-5-3-4-6-16(15)24-2)20-17(22)21-9-10-25-18(13-21)7-11-26(19,23)12-8-18/h3-6,14,19H,7-13H2,1-2H3,(H,20,22)/t14-,18?,26?/m0/s1. The summed E-state index contributed by atoms with van der Waals surface area (Å²) < 4.78 is 31.0. The number of carbonyl (C=O) groups excluding carboxylic acids is 1. The van der Waals surface area contributed by atoms with Gasteiger partial charge in [0.2, 0.25) is 0 Å². The first-order valence-corrected chi connectivity index (χ1v) is 10.8. The molecule has 2 heterocycles. The van der Waals surface area contributed by atoms with Crippen LogP contribution in [-0.4, -0.2) is 59.1 Å². The molecule has 7 nitrogen and oxygen atoms in total. The molecular weight excluding hydrogens is 354 g/mol. The molecule has 3 rings (SSSR count). The molecule has 26 heavy (non-hydrogen) atoms. The number of rotatable bonds is 3. The van der Waals surface area contributed by atoms with Crippen molar-refractivity contribution >= 4 is 15.8 Å². The molecule has 0 aromatic heterocycles. The van der Waals surface area contributed by atoms with Crippen LogP contribution < -0.4 is 10.1 Å². The number of benzene rings is 1. The van der Waals surface area contributed by atoms with E-state index >= 15 is 0 Å². The van der Waals surface area contributed by atoms with E-state index in [1.54, 1.807) is 12.0 Å². The summed E-state index contributed by atoms with van der Waals surface area (Å²) in [6, 6.07) is 7.32. The van der Waals surface area contributed by atoms with Crippen molar-refractivity contribution in [3.63, 3.8) is 0 Å². The van der Waals surface area contributed by atoms with Gasteiger partial charge in [0.05, 0.1) is 31.9 Å². The van der Waals surface area contributed by atoms with E-state index in [1.807, 2.05) is 31.2 Å². The van der Waals surface area contributed by atoms with Gasteiger partial charge < -0.3 is 19.7 Å². The van der Waals surface area contributed by atoms with Crippen LogP contribution in [0.4, 0.5) is 4.79 Å². The van der Waals surface area contributed by atoms with Crippen molar-refractivity contribution < 1.29 is 18.5 Å². The number of hydrogen-bond acceptors (Lipinski definition) is 5. The summed E-state index contributed by atoms with van der Waals surface area (Å²) in [6.45, 7) is 3.41. The first kappa shape index (κ1) is 19.0. The number of morpholine rings is 1. The lowest BCUT2D eigenvalue weighted by Crippen LogP contribution is -2.58. The number of nitrogens with zero attached hydrogens (tertiary/aromatic N) is 1. The fraction of sp³-hybridized carbons (Fsp3) is 0.611. The fourth-order valence-corrected chi connectivity index (χ4v) is 5.24. The molecule has 2 amide bonds. The summed E-state index contributed by atoms with van der Waals surface area (Å²) in [7, 11) is -0.854. The summed E-state index contributed by atoms with van der Waals surface area (Å²) >= 11 is 0. The minimum atomic E-state index is -2.47. The first-order valence-electron chi connectivity index (χ1n) is 8.91. The minimum Gasteiger partial charge on any atom is -0.496 e. The van der Waals surface area contributed by atoms with Crippen molar-refractivity contribution in [2.45, 2.75) is 31.4 Å². The Morgan fingerprint density at radius 2 is 2.08 bits per heavy atom. The zero-order valence-electron chi connectivity index (χ0n) is 15.3. The summed E-state index contributed by atoms with van der Waals surface area (Å²) in [5, 5.41) is 3.04. The molecule has 2 fully saturated rings. The normalized spacial score (nSPS) is 30.0. The Hall–Kier alpha value is -1.80. The number of amides is 2. The van der Waals surface area contributed by atoms with Crippen LogP contribution in [0, 0.1) is 4.78 Å². The summed E-state index contributed by atoms with van der Waals surface area (Å²) in [6.07, 6.45) is 1.14. The molecule has 0 aliphatic carbocycles. The van der Waals surface area contributed by atoms with Crippen LogP contribution in [-0.2, 0) is 14.5 Å². The number of para-hydroxylation sites is 1. The van der Waals surface area contributed by atoms with Gasteiger partial charge in [-0.15, -0.1) is 0 Å². The predicted molar refractivity (Wildman–Crippen MR) is 100 cm³/mol. The third-order valence-electron chi connectivity index (χ3n) is 5.26. The molecule has 1 atom stereocenters. The number of hydrogen-bond donors (Lipinski definition) is 2. The second-order valence-corrected chi connectivity index (χ2v) is 9.53. The number of ether oxygens (including phenoxy) is 2. The van der Waals surface area contributed by atoms with Gasteiger partial charge in [0, 0.05) is 33.3 Å². The summed E-state index contributed by atoms with van der Waals surface area (Å²) in [4.78, 5) is 14.5. The Labute approximate surface area is 155 Å². The molecular formula is C18H27N3O4S. The van der Waals surface area contributed by atoms with E-state index in [4.69, 9.17) is 14.3 Å². The van der Waals surface area contributed by atoms with Crippen molar-refractivity contribution in [3.8, 4) is 5.75 Å². The maximum Gasteiger partial charge on any atom is 0.318 e. The van der Waals surface area contributed by atoms with E-state index < -0.39 is 15.3 Å². The van der Waals surface area contributed by atoms with Gasteiger partial charge in [0.25, 0.3) is 0 Å². The molecule has 0 bridgehead atoms. The van der Waals surface area contributed by atoms with Gasteiger partial charge in [-0.3, -0.25) is 4.78 Å². The summed E-state index contributed by atoms with van der Waals surface area (Å²) in [5.41, 5.74) is 0.475. The van der Waals surface area contributed by atoms with E-state index in [-0.39, 0.29) is 12.1 Å². The van der Waals surface area contributed by atoms with Crippen LogP contribution in [0.1, 0.15) is 31.4 Å². The SMILES string of the molecule is COc1ccccc1[C@H](C)NC(=O)N1CCOC2(CCS(=N)(=O)CC2)C1. The quantitative estimate of drug-likeness (QED) is 0.841. The van der Waals surface area contributed by atoms with E-state index in [2.05, 4.69) is 5.32 Å². The van der Waals surface area contributed by atoms with Gasteiger partial charge in [-0.05, 0) is 25.8 Å². The smallest absolute Gasteiger partial charge is 0.318 e. The van der Waals surface area contributed by atoms with Gasteiger partial charge in [-0.25, -0.2) is 9.00 Å². The molecule has 8 heteroatoms. The lowest BCUT2D eigenvalue weighted by molar-refractivity contribution is -0.102. The molecule has 2 aliphatic rings. The third kappa shape index (κ3) is 4.12. The Balaban J connectivity index is 1.64. The average Bonchev–Trinajstić information content (AvgIpc) is 2.64. The van der Waals surface area contributed by atoms with Crippen molar-refractivity contribution in [2.24, 2.45) is 0 Å². The van der Waals surface area contributed by atoms with Gasteiger partial charge >= 0.3 is 6.03 Å². The number of nitrogens with one attached hydrogen (secondary N) is 2. The van der Waals surface area contributed by atoms with Crippen LogP contribution in [0.25, 0.3) is 0 Å². The van der Waals surface area contributed by atoms with Crippen LogP contribution in [0.15, 0.2) is 24.3 Å². The number of urea groups is 1. The highest BCUT2D eigenvalue weighted by Gasteiger charge is 2.42. The Bertz CT molecular complexity index is 751. The van der Waals surface area contributed by atoms with Crippen LogP contribution in [0.5, 0.6) is 5.75 Å². The van der Waals surface area contributed by atoms with Gasteiger partial charge in [0.1, 0.15) is 5.75 Å². The molecule has 1 aromatic rings. The Morgan fingerprint density at radius 3 is 2.77 bits per heavy atom. The minimum absolute atomic E-state index is 0.136. The molecule has 0 unspecified atom stereocenters. The number of carbonyl (C=O) groups is 1. The van der Waals surface area contributed by atoms with Crippen molar-refractivity contribution in [3.05, 3.63) is 29.8 Å². The fourth-order valence-electron chi connectivity index (χ4n) is 3.63. The van der Waals surface area contributed by atoms with Crippen LogP contribution in [0.3, 0.4) is 0 Å². The van der Waals surface area contributed by atoms with E-state index in [0.29, 0.717) is 44.0 Å². The van der Waals surface area contributed by atoms with Crippen molar-refractivity contribution in [2.75, 3.05) is 38.3 Å². The molecule has 144 valence electrons. The predicted octanol–water partition coefficient (Wildman–Crippen LogP) is 2.38.